The predicted octanol–water partition coefficient (Wildman–Crippen LogP) is 1.94. The van der Waals surface area contributed by atoms with Gasteiger partial charge in [0.2, 0.25) is 11.8 Å². The minimum absolute atomic E-state index is 0.0581. The smallest absolute Gasteiger partial charge is 0.414 e. The van der Waals surface area contributed by atoms with Gasteiger partial charge in [-0.3, -0.25) is 9.59 Å². The van der Waals surface area contributed by atoms with Crippen molar-refractivity contribution < 1.29 is 24.3 Å². The van der Waals surface area contributed by atoms with E-state index in [-0.39, 0.29) is 31.3 Å². The number of hydrogen-bond donors (Lipinski definition) is 2. The molecule has 0 bridgehead atoms. The van der Waals surface area contributed by atoms with Gasteiger partial charge < -0.3 is 10.4 Å². The van der Waals surface area contributed by atoms with Crippen LogP contribution in [0.15, 0.2) is 24.3 Å². The van der Waals surface area contributed by atoms with Crippen LogP contribution in [0.1, 0.15) is 32.3 Å². The lowest BCUT2D eigenvalue weighted by atomic mass is 9.86. The van der Waals surface area contributed by atoms with Crippen molar-refractivity contribution >= 4 is 29.6 Å². The molecule has 1 saturated heterocycles. The number of carboxylic acid groups (broad SMARTS) is 1. The Morgan fingerprint density at radius 2 is 1.96 bits per heavy atom. The third-order valence-electron chi connectivity index (χ3n) is 5.06. The van der Waals surface area contributed by atoms with E-state index in [2.05, 4.69) is 5.32 Å². The first-order valence-electron chi connectivity index (χ1n) is 8.48. The highest BCUT2D eigenvalue weighted by molar-refractivity contribution is 6.22. The van der Waals surface area contributed by atoms with E-state index in [0.29, 0.717) is 12.1 Å². The van der Waals surface area contributed by atoms with E-state index in [0.717, 1.165) is 15.4 Å². The van der Waals surface area contributed by atoms with Gasteiger partial charge in [-0.15, -0.1) is 0 Å². The van der Waals surface area contributed by atoms with Crippen molar-refractivity contribution in [2.24, 2.45) is 5.92 Å². The minimum atomic E-state index is -1.25. The summed E-state index contributed by atoms with van der Waals surface area (Å²) < 4.78 is 0. The lowest BCUT2D eigenvalue weighted by Gasteiger charge is -2.29. The molecular formula is C18H21N3O5. The van der Waals surface area contributed by atoms with E-state index in [1.165, 1.54) is 0 Å². The molecule has 1 aromatic rings. The second-order valence-corrected chi connectivity index (χ2v) is 7.16. The van der Waals surface area contributed by atoms with Gasteiger partial charge in [0.1, 0.15) is 0 Å². The maximum Gasteiger partial charge on any atom is 0.414 e. The van der Waals surface area contributed by atoms with E-state index in [1.54, 1.807) is 26.0 Å². The fourth-order valence-corrected chi connectivity index (χ4v) is 3.49. The summed E-state index contributed by atoms with van der Waals surface area (Å²) in [5, 5.41) is 11.6. The summed E-state index contributed by atoms with van der Waals surface area (Å²) in [6, 6.07) is 6.64. The van der Waals surface area contributed by atoms with Crippen LogP contribution in [0.2, 0.25) is 0 Å². The molecule has 1 fully saturated rings. The topological polar surface area (TPSA) is 107 Å². The zero-order valence-corrected chi connectivity index (χ0v) is 14.7. The minimum Gasteiger partial charge on any atom is -0.465 e. The SMILES string of the molecule is CC1(C)C(=O)N(C(=O)NCC2CCN(C(=O)O)C(=O)C2)c2ccccc21. The molecule has 2 N–H and O–H groups in total. The number of carbonyl (C=O) groups excluding carboxylic acids is 3. The van der Waals surface area contributed by atoms with Gasteiger partial charge in [-0.2, -0.15) is 0 Å². The lowest BCUT2D eigenvalue weighted by Crippen LogP contribution is -2.49. The second-order valence-electron chi connectivity index (χ2n) is 7.16. The third-order valence-corrected chi connectivity index (χ3v) is 5.06. The number of imide groups is 2. The Labute approximate surface area is 150 Å². The molecular weight excluding hydrogens is 338 g/mol. The number of hydrogen-bond acceptors (Lipinski definition) is 4. The molecule has 0 spiro atoms. The molecule has 1 unspecified atom stereocenters. The predicted molar refractivity (Wildman–Crippen MR) is 92.8 cm³/mol. The fourth-order valence-electron chi connectivity index (χ4n) is 3.49. The maximum absolute atomic E-state index is 12.7. The average Bonchev–Trinajstić information content (AvgIpc) is 2.79. The van der Waals surface area contributed by atoms with Crippen molar-refractivity contribution in [2.75, 3.05) is 18.0 Å². The van der Waals surface area contributed by atoms with Crippen molar-refractivity contribution in [3.8, 4) is 0 Å². The summed E-state index contributed by atoms with van der Waals surface area (Å²) in [5.74, 6) is -0.914. The van der Waals surface area contributed by atoms with Gasteiger partial charge in [0.25, 0.3) is 0 Å². The Kier molecular flexibility index (Phi) is 4.43. The molecule has 8 nitrogen and oxygen atoms in total. The van der Waals surface area contributed by atoms with Crippen molar-refractivity contribution in [3.63, 3.8) is 0 Å². The Balaban J connectivity index is 1.66. The monoisotopic (exact) mass is 359 g/mol. The molecule has 3 rings (SSSR count). The molecule has 1 atom stereocenters. The van der Waals surface area contributed by atoms with Gasteiger partial charge in [-0.05, 0) is 37.8 Å². The largest absolute Gasteiger partial charge is 0.465 e. The average molecular weight is 359 g/mol. The van der Waals surface area contributed by atoms with Gasteiger partial charge in [0, 0.05) is 19.5 Å². The summed E-state index contributed by atoms with van der Waals surface area (Å²) in [4.78, 5) is 50.0. The summed E-state index contributed by atoms with van der Waals surface area (Å²) in [6.07, 6.45) is -0.712. The molecule has 0 saturated carbocycles. The van der Waals surface area contributed by atoms with Gasteiger partial charge in [-0.1, -0.05) is 18.2 Å². The maximum atomic E-state index is 12.7. The molecule has 0 aliphatic carbocycles. The number of piperidine rings is 1. The third kappa shape index (κ3) is 2.91. The molecule has 5 amide bonds. The number of carbonyl (C=O) groups is 4. The molecule has 26 heavy (non-hydrogen) atoms. The number of rotatable bonds is 2. The summed E-state index contributed by atoms with van der Waals surface area (Å²) in [5.41, 5.74) is 0.582. The number of likely N-dealkylation sites (tertiary alicyclic amines) is 1. The lowest BCUT2D eigenvalue weighted by molar-refractivity contribution is -0.132. The Morgan fingerprint density at radius 1 is 1.27 bits per heavy atom. The van der Waals surface area contributed by atoms with Crippen molar-refractivity contribution in [1.29, 1.82) is 0 Å². The van der Waals surface area contributed by atoms with Crippen molar-refractivity contribution in [1.82, 2.24) is 10.2 Å². The van der Waals surface area contributed by atoms with Crippen LogP contribution in [0.5, 0.6) is 0 Å². The standard InChI is InChI=1S/C18H21N3O5/c1-18(2)12-5-3-4-6-13(12)21(15(18)23)16(24)19-10-11-7-8-20(17(25)26)14(22)9-11/h3-6,11H,7-10H2,1-2H3,(H,19,24)(H,25,26). The van der Waals surface area contributed by atoms with Gasteiger partial charge in [0.15, 0.2) is 0 Å². The van der Waals surface area contributed by atoms with Crippen molar-refractivity contribution in [3.05, 3.63) is 29.8 Å². The molecule has 8 heteroatoms. The van der Waals surface area contributed by atoms with Crippen molar-refractivity contribution in [2.45, 2.75) is 32.1 Å². The van der Waals surface area contributed by atoms with Crippen LogP contribution < -0.4 is 10.2 Å². The normalized spacial score (nSPS) is 21.5. The molecule has 1 aromatic carbocycles. The van der Waals surface area contributed by atoms with Crippen LogP contribution in [0.4, 0.5) is 15.3 Å². The summed E-state index contributed by atoms with van der Waals surface area (Å²) in [7, 11) is 0. The van der Waals surface area contributed by atoms with Crippen LogP contribution in [-0.2, 0) is 15.0 Å². The second kappa shape index (κ2) is 6.44. The number of fused-ring (bicyclic) bond motifs is 1. The number of nitrogens with one attached hydrogen (secondary N) is 1. The molecule has 138 valence electrons. The van der Waals surface area contributed by atoms with Gasteiger partial charge in [-0.25, -0.2) is 19.4 Å². The number of urea groups is 1. The van der Waals surface area contributed by atoms with Crippen LogP contribution in [0, 0.1) is 5.92 Å². The Bertz CT molecular complexity index is 789. The highest BCUT2D eigenvalue weighted by atomic mass is 16.4. The zero-order chi connectivity index (χ0) is 19.1. The number of amides is 5. The van der Waals surface area contributed by atoms with Crippen LogP contribution in [-0.4, -0.2) is 47.0 Å². The molecule has 2 aliphatic rings. The number of anilines is 1. The highest BCUT2D eigenvalue weighted by Gasteiger charge is 2.46. The molecule has 0 aromatic heterocycles. The van der Waals surface area contributed by atoms with Crippen LogP contribution in [0.25, 0.3) is 0 Å². The van der Waals surface area contributed by atoms with E-state index in [4.69, 9.17) is 5.11 Å². The quantitative estimate of drug-likeness (QED) is 0.839. The Hall–Kier alpha value is -2.90. The summed E-state index contributed by atoms with van der Waals surface area (Å²) in [6.45, 7) is 3.89. The highest BCUT2D eigenvalue weighted by Crippen LogP contribution is 2.41. The van der Waals surface area contributed by atoms with E-state index < -0.39 is 23.4 Å². The first kappa shape index (κ1) is 17.9. The fraction of sp³-hybridized carbons (Fsp3) is 0.444. The number of nitrogens with zero attached hydrogens (tertiary/aromatic N) is 2. The zero-order valence-electron chi connectivity index (χ0n) is 14.7. The van der Waals surface area contributed by atoms with Gasteiger partial charge >= 0.3 is 12.1 Å². The van der Waals surface area contributed by atoms with Crippen LogP contribution >= 0.6 is 0 Å². The van der Waals surface area contributed by atoms with Gasteiger partial charge in [0.05, 0.1) is 11.1 Å². The first-order valence-corrected chi connectivity index (χ1v) is 8.48. The first-order chi connectivity index (χ1) is 12.2. The van der Waals surface area contributed by atoms with E-state index in [9.17, 15) is 19.2 Å². The molecule has 2 heterocycles. The molecule has 0 radical (unpaired) electrons. The van der Waals surface area contributed by atoms with E-state index in [1.807, 2.05) is 12.1 Å². The molecule has 2 aliphatic heterocycles. The summed E-state index contributed by atoms with van der Waals surface area (Å²) >= 11 is 0. The number of para-hydroxylation sites is 1. The van der Waals surface area contributed by atoms with Crippen LogP contribution in [0.3, 0.4) is 0 Å². The van der Waals surface area contributed by atoms with E-state index >= 15 is 0 Å². The number of benzene rings is 1. The Morgan fingerprint density at radius 3 is 2.62 bits per heavy atom.